The van der Waals surface area contributed by atoms with Crippen LogP contribution < -0.4 is 10.6 Å². The number of benzene rings is 2. The Morgan fingerprint density at radius 3 is 1.98 bits per heavy atom. The van der Waals surface area contributed by atoms with Crippen molar-refractivity contribution in [2.45, 2.75) is 80.9 Å². The first-order valence-corrected chi connectivity index (χ1v) is 18.0. The highest BCUT2D eigenvalue weighted by atomic mass is 31.0. The van der Waals surface area contributed by atoms with Gasteiger partial charge in [-0.3, -0.25) is 0 Å². The Morgan fingerprint density at radius 2 is 1.41 bits per heavy atom. The molecule has 6 fully saturated rings. The zero-order valence-electron chi connectivity index (χ0n) is 24.5. The van der Waals surface area contributed by atoms with Gasteiger partial charge in [-0.05, 0) is 134 Å². The molecule has 41 heavy (non-hydrogen) atoms. The van der Waals surface area contributed by atoms with E-state index in [-0.39, 0.29) is 5.16 Å². The third-order valence-electron chi connectivity index (χ3n) is 12.5. The molecule has 8 unspecified atom stereocenters. The molecule has 4 heteroatoms. The summed E-state index contributed by atoms with van der Waals surface area (Å²) in [6.07, 6.45) is 16.4. The smallest absolute Gasteiger partial charge is 0.0402 e. The summed E-state index contributed by atoms with van der Waals surface area (Å²) < 4.78 is 0. The summed E-state index contributed by atoms with van der Waals surface area (Å²) in [4.78, 5) is 0. The number of allylic oxidation sites excluding steroid dienone is 3. The van der Waals surface area contributed by atoms with Crippen LogP contribution in [0.3, 0.4) is 0 Å². The maximum absolute atomic E-state index is 4.05. The average Bonchev–Trinajstić information content (AvgIpc) is 3.79. The topological polar surface area (TPSA) is 24.1 Å². The van der Waals surface area contributed by atoms with E-state index in [2.05, 4.69) is 95.9 Å². The van der Waals surface area contributed by atoms with Gasteiger partial charge in [0.15, 0.2) is 0 Å². The fourth-order valence-electron chi connectivity index (χ4n) is 11.2. The second kappa shape index (κ2) is 10.7. The van der Waals surface area contributed by atoms with Crippen LogP contribution in [-0.2, 0) is 0 Å². The third kappa shape index (κ3) is 4.25. The van der Waals surface area contributed by atoms with Gasteiger partial charge in [0.2, 0.25) is 0 Å². The normalized spacial score (nSPS) is 39.4. The Balaban J connectivity index is 1.41. The number of hydrogen-bond donors (Lipinski definition) is 2. The molecule has 2 aromatic rings. The summed E-state index contributed by atoms with van der Waals surface area (Å²) in [5.74, 6) is 3.85. The SMILES string of the molecule is PCC1C2CC3CC(C2)CC1(C1=C(C(P)(C2CCCN2)C2CCCN2)C=C(c2ccccc2)C1c1ccccc1)C3. The van der Waals surface area contributed by atoms with Gasteiger partial charge in [0.1, 0.15) is 0 Å². The molecule has 0 aromatic heterocycles. The molecule has 216 valence electrons. The molecule has 2 N–H and O–H groups in total. The van der Waals surface area contributed by atoms with Crippen molar-refractivity contribution in [3.8, 4) is 0 Å². The molecular weight excluding hydrogens is 534 g/mol. The van der Waals surface area contributed by atoms with Crippen LogP contribution >= 0.6 is 18.5 Å². The van der Waals surface area contributed by atoms with Gasteiger partial charge in [0.25, 0.3) is 0 Å². The van der Waals surface area contributed by atoms with Crippen molar-refractivity contribution in [3.63, 3.8) is 0 Å². The van der Waals surface area contributed by atoms with Crippen molar-refractivity contribution < 1.29 is 0 Å². The highest BCUT2D eigenvalue weighted by molar-refractivity contribution is 7.19. The first kappa shape index (κ1) is 27.3. The minimum absolute atomic E-state index is 0.000655. The van der Waals surface area contributed by atoms with E-state index in [0.29, 0.717) is 23.4 Å². The first-order valence-electron chi connectivity index (χ1n) is 16.6. The van der Waals surface area contributed by atoms with Gasteiger partial charge in [-0.15, -0.1) is 18.5 Å². The van der Waals surface area contributed by atoms with Crippen LogP contribution in [0.15, 0.2) is 77.9 Å². The minimum Gasteiger partial charge on any atom is -0.313 e. The Labute approximate surface area is 252 Å². The summed E-state index contributed by atoms with van der Waals surface area (Å²) in [6, 6.07) is 24.1. The van der Waals surface area contributed by atoms with Crippen molar-refractivity contribution in [1.82, 2.24) is 10.6 Å². The molecule has 8 atom stereocenters. The molecule has 4 saturated carbocycles. The van der Waals surface area contributed by atoms with Crippen molar-refractivity contribution >= 4 is 24.1 Å². The molecule has 4 bridgehead atoms. The summed E-state index contributed by atoms with van der Waals surface area (Å²) >= 11 is 0. The highest BCUT2D eigenvalue weighted by Crippen LogP contribution is 2.71. The van der Waals surface area contributed by atoms with Gasteiger partial charge < -0.3 is 10.6 Å². The molecule has 5 aliphatic carbocycles. The Morgan fingerprint density at radius 1 is 0.805 bits per heavy atom. The zero-order chi connectivity index (χ0) is 27.6. The summed E-state index contributed by atoms with van der Waals surface area (Å²) in [5.41, 5.74) is 8.29. The second-order valence-corrected chi connectivity index (χ2v) is 15.9. The Kier molecular flexibility index (Phi) is 7.11. The lowest BCUT2D eigenvalue weighted by Gasteiger charge is -2.63. The molecule has 2 nitrogen and oxygen atoms in total. The fourth-order valence-corrected chi connectivity index (χ4v) is 12.8. The summed E-state index contributed by atoms with van der Waals surface area (Å²) in [5, 5.41) is 8.10. The molecule has 2 heterocycles. The van der Waals surface area contributed by atoms with Gasteiger partial charge in [-0.1, -0.05) is 66.7 Å². The predicted molar refractivity (Wildman–Crippen MR) is 179 cm³/mol. The molecule has 2 aliphatic heterocycles. The molecule has 0 amide bonds. The molecule has 7 aliphatic rings. The van der Waals surface area contributed by atoms with Crippen LogP contribution in [0.5, 0.6) is 0 Å². The molecule has 0 spiro atoms. The second-order valence-electron chi connectivity index (χ2n) is 14.5. The van der Waals surface area contributed by atoms with E-state index < -0.39 is 0 Å². The molecule has 2 saturated heterocycles. The lowest BCUT2D eigenvalue weighted by atomic mass is 9.42. The van der Waals surface area contributed by atoms with Crippen molar-refractivity contribution in [3.05, 3.63) is 89.0 Å². The maximum Gasteiger partial charge on any atom is 0.0402 e. The van der Waals surface area contributed by atoms with E-state index in [1.165, 1.54) is 75.1 Å². The quantitative estimate of drug-likeness (QED) is 0.329. The van der Waals surface area contributed by atoms with E-state index in [0.717, 1.165) is 36.8 Å². The standard InChI is InChI=1S/C37H48N2P2/c40-23-31-28-18-24-17-25(19-28)22-36(31,21-24)35-30(37(41,32-13-7-15-38-32)33-14-8-16-39-33)20-29(26-9-3-1-4-10-26)34(35)27-11-5-2-6-12-27/h1-6,9-12,20,24-25,28,31-34,38-39H,7-8,13-19,21-23,40-41H2. The van der Waals surface area contributed by atoms with Crippen LogP contribution in [0.2, 0.25) is 0 Å². The summed E-state index contributed by atoms with van der Waals surface area (Å²) in [7, 11) is 6.82. The van der Waals surface area contributed by atoms with Crippen LogP contribution in [0.4, 0.5) is 0 Å². The van der Waals surface area contributed by atoms with Gasteiger partial charge >= 0.3 is 0 Å². The van der Waals surface area contributed by atoms with Crippen molar-refractivity contribution in [2.24, 2.45) is 29.1 Å². The molecule has 0 radical (unpaired) electrons. The van der Waals surface area contributed by atoms with Gasteiger partial charge in [-0.25, -0.2) is 0 Å². The average molecular weight is 583 g/mol. The monoisotopic (exact) mass is 582 g/mol. The van der Waals surface area contributed by atoms with E-state index in [1.807, 2.05) is 5.57 Å². The fraction of sp³-hybridized carbons (Fsp3) is 0.568. The Hall–Kier alpha value is -1.30. The maximum atomic E-state index is 4.05. The summed E-state index contributed by atoms with van der Waals surface area (Å²) in [6.45, 7) is 2.30. The highest BCUT2D eigenvalue weighted by Gasteiger charge is 2.62. The van der Waals surface area contributed by atoms with E-state index in [1.54, 1.807) is 11.1 Å². The largest absolute Gasteiger partial charge is 0.313 e. The van der Waals surface area contributed by atoms with Gasteiger partial charge in [0.05, 0.1) is 0 Å². The van der Waals surface area contributed by atoms with E-state index >= 15 is 0 Å². The van der Waals surface area contributed by atoms with Gasteiger partial charge in [-0.2, -0.15) is 0 Å². The van der Waals surface area contributed by atoms with Crippen molar-refractivity contribution in [2.75, 3.05) is 19.3 Å². The predicted octanol–water partition coefficient (Wildman–Crippen LogP) is 7.60. The van der Waals surface area contributed by atoms with Crippen molar-refractivity contribution in [1.29, 1.82) is 0 Å². The first-order chi connectivity index (χ1) is 20.1. The van der Waals surface area contributed by atoms with Gasteiger partial charge in [0, 0.05) is 23.2 Å². The van der Waals surface area contributed by atoms with E-state index in [4.69, 9.17) is 0 Å². The van der Waals surface area contributed by atoms with Crippen LogP contribution in [0.1, 0.15) is 74.8 Å². The molecular formula is C37H48N2P2. The molecule has 9 rings (SSSR count). The minimum atomic E-state index is 0.000655. The number of rotatable bonds is 7. The lowest BCUT2D eigenvalue weighted by Crippen LogP contribution is -2.58. The Bertz CT molecular complexity index is 1290. The number of hydrogen-bond acceptors (Lipinski definition) is 2. The third-order valence-corrected chi connectivity index (χ3v) is 14.1. The van der Waals surface area contributed by atoms with Crippen LogP contribution in [0.25, 0.3) is 5.57 Å². The zero-order valence-corrected chi connectivity index (χ0v) is 26.8. The van der Waals surface area contributed by atoms with Crippen LogP contribution in [-0.4, -0.2) is 36.5 Å². The molecule has 2 aromatic carbocycles. The number of nitrogens with one attached hydrogen (secondary N) is 2. The van der Waals surface area contributed by atoms with E-state index in [9.17, 15) is 0 Å². The van der Waals surface area contributed by atoms with Crippen LogP contribution in [0, 0.1) is 29.1 Å². The lowest BCUT2D eigenvalue weighted by molar-refractivity contribution is -0.0799.